The molecule has 1 aliphatic rings. The quantitative estimate of drug-likeness (QED) is 0.864. The third-order valence-corrected chi connectivity index (χ3v) is 4.08. The number of carbonyl (C=O) groups is 1. The smallest absolute Gasteiger partial charge is 0.310 e. The Morgan fingerprint density at radius 3 is 2.61 bits per heavy atom. The maximum atomic E-state index is 13.3. The van der Waals surface area contributed by atoms with Gasteiger partial charge in [0.1, 0.15) is 5.82 Å². The van der Waals surface area contributed by atoms with Crippen molar-refractivity contribution in [3.63, 3.8) is 0 Å². The predicted molar refractivity (Wildman–Crippen MR) is 66.7 cm³/mol. The number of nitrogens with two attached hydrogens (primary N) is 1. The summed E-state index contributed by atoms with van der Waals surface area (Å²) in [6, 6.07) is 6.14. The topological polar surface area (TPSA) is 63.3 Å². The summed E-state index contributed by atoms with van der Waals surface area (Å²) in [7, 11) is 0. The lowest BCUT2D eigenvalue weighted by Crippen LogP contribution is -2.38. The highest BCUT2D eigenvalue weighted by Crippen LogP contribution is 2.48. The second-order valence-corrected chi connectivity index (χ2v) is 5.01. The highest BCUT2D eigenvalue weighted by atomic mass is 19.1. The van der Waals surface area contributed by atoms with Crippen LogP contribution in [-0.4, -0.2) is 17.6 Å². The van der Waals surface area contributed by atoms with Crippen molar-refractivity contribution >= 4 is 5.97 Å². The van der Waals surface area contributed by atoms with Gasteiger partial charge in [-0.1, -0.05) is 25.0 Å². The van der Waals surface area contributed by atoms with E-state index in [-0.39, 0.29) is 18.3 Å². The van der Waals surface area contributed by atoms with Crippen molar-refractivity contribution in [1.82, 2.24) is 0 Å². The minimum absolute atomic E-state index is 0.232. The van der Waals surface area contributed by atoms with E-state index in [2.05, 4.69) is 0 Å². The van der Waals surface area contributed by atoms with Crippen LogP contribution in [0.15, 0.2) is 24.3 Å². The molecule has 0 saturated heterocycles. The molecule has 1 saturated carbocycles. The summed E-state index contributed by atoms with van der Waals surface area (Å²) in [5.74, 6) is -1.46. The second-order valence-electron chi connectivity index (χ2n) is 5.01. The van der Waals surface area contributed by atoms with Crippen LogP contribution >= 0.6 is 0 Å². The lowest BCUT2D eigenvalue weighted by molar-refractivity contribution is -0.150. The number of hydrogen-bond acceptors (Lipinski definition) is 2. The van der Waals surface area contributed by atoms with Crippen LogP contribution in [0, 0.1) is 11.2 Å². The normalized spacial score (nSPS) is 19.7. The van der Waals surface area contributed by atoms with Gasteiger partial charge in [0.15, 0.2) is 0 Å². The van der Waals surface area contributed by atoms with Crippen LogP contribution in [0.4, 0.5) is 4.39 Å². The van der Waals surface area contributed by atoms with Crippen molar-refractivity contribution in [2.24, 2.45) is 11.1 Å². The number of aliphatic carboxylic acids is 1. The van der Waals surface area contributed by atoms with Crippen molar-refractivity contribution in [3.8, 4) is 0 Å². The van der Waals surface area contributed by atoms with Gasteiger partial charge in [0.05, 0.1) is 5.41 Å². The molecule has 0 spiro atoms. The Hall–Kier alpha value is -1.42. The van der Waals surface area contributed by atoms with E-state index in [0.717, 1.165) is 12.8 Å². The Kier molecular flexibility index (Phi) is 3.66. The molecule has 0 aromatic heterocycles. The summed E-state index contributed by atoms with van der Waals surface area (Å²) < 4.78 is 13.3. The number of rotatable bonds is 4. The Morgan fingerprint density at radius 2 is 2.11 bits per heavy atom. The van der Waals surface area contributed by atoms with Gasteiger partial charge in [0.25, 0.3) is 0 Å². The van der Waals surface area contributed by atoms with Gasteiger partial charge in [-0.05, 0) is 30.5 Å². The van der Waals surface area contributed by atoms with Crippen LogP contribution < -0.4 is 5.73 Å². The molecule has 2 rings (SSSR count). The van der Waals surface area contributed by atoms with E-state index < -0.39 is 11.4 Å². The molecule has 0 amide bonds. The molecule has 1 aliphatic carbocycles. The fourth-order valence-corrected chi connectivity index (χ4v) is 3.12. The number of carboxylic acid groups (broad SMARTS) is 1. The molecule has 0 heterocycles. The summed E-state index contributed by atoms with van der Waals surface area (Å²) in [6.45, 7) is 0.232. The second kappa shape index (κ2) is 5.06. The van der Waals surface area contributed by atoms with E-state index in [9.17, 15) is 14.3 Å². The SMILES string of the molecule is NC[C@@H](c1cccc(F)c1)C1(C(=O)O)CCCC1. The zero-order valence-corrected chi connectivity index (χ0v) is 10.2. The minimum atomic E-state index is -0.817. The first kappa shape index (κ1) is 13.0. The first-order chi connectivity index (χ1) is 8.60. The average Bonchev–Trinajstić information content (AvgIpc) is 2.81. The molecular weight excluding hydrogens is 233 g/mol. The van der Waals surface area contributed by atoms with Crippen LogP contribution in [-0.2, 0) is 4.79 Å². The number of carboxylic acids is 1. The summed E-state index contributed by atoms with van der Waals surface area (Å²) in [5, 5.41) is 9.55. The van der Waals surface area contributed by atoms with E-state index in [4.69, 9.17) is 5.73 Å². The Morgan fingerprint density at radius 1 is 1.44 bits per heavy atom. The molecule has 1 fully saturated rings. The number of hydrogen-bond donors (Lipinski definition) is 2. The molecule has 4 heteroatoms. The largest absolute Gasteiger partial charge is 0.481 e. The molecular formula is C14H18FNO2. The molecule has 0 bridgehead atoms. The fourth-order valence-electron chi connectivity index (χ4n) is 3.12. The van der Waals surface area contributed by atoms with Gasteiger partial charge >= 0.3 is 5.97 Å². The summed E-state index contributed by atoms with van der Waals surface area (Å²) >= 11 is 0. The summed E-state index contributed by atoms with van der Waals surface area (Å²) in [4.78, 5) is 11.6. The third-order valence-electron chi connectivity index (χ3n) is 4.08. The van der Waals surface area contributed by atoms with E-state index in [1.165, 1.54) is 12.1 Å². The van der Waals surface area contributed by atoms with Crippen molar-refractivity contribution in [2.75, 3.05) is 6.54 Å². The zero-order chi connectivity index (χ0) is 13.2. The van der Waals surface area contributed by atoms with E-state index in [1.807, 2.05) is 0 Å². The van der Waals surface area contributed by atoms with Crippen LogP contribution in [0.25, 0.3) is 0 Å². The van der Waals surface area contributed by atoms with Gasteiger partial charge in [-0.15, -0.1) is 0 Å². The molecule has 3 nitrogen and oxygen atoms in total. The standard InChI is InChI=1S/C14H18FNO2/c15-11-5-3-4-10(8-11)12(9-16)14(13(17)18)6-1-2-7-14/h3-5,8,12H,1-2,6-7,9,16H2,(H,17,18)/t12-/m0/s1. The zero-order valence-electron chi connectivity index (χ0n) is 10.2. The van der Waals surface area contributed by atoms with Crippen molar-refractivity contribution in [3.05, 3.63) is 35.6 Å². The monoisotopic (exact) mass is 251 g/mol. The third kappa shape index (κ3) is 2.12. The van der Waals surface area contributed by atoms with Crippen LogP contribution in [0.2, 0.25) is 0 Å². The molecule has 98 valence electrons. The van der Waals surface area contributed by atoms with Crippen molar-refractivity contribution in [1.29, 1.82) is 0 Å². The van der Waals surface area contributed by atoms with E-state index in [1.54, 1.807) is 12.1 Å². The maximum Gasteiger partial charge on any atom is 0.310 e. The maximum absolute atomic E-state index is 13.3. The van der Waals surface area contributed by atoms with Crippen LogP contribution in [0.5, 0.6) is 0 Å². The van der Waals surface area contributed by atoms with Gasteiger partial charge < -0.3 is 10.8 Å². The summed E-state index contributed by atoms with van der Waals surface area (Å²) in [5.41, 5.74) is 5.65. The first-order valence-corrected chi connectivity index (χ1v) is 6.29. The molecule has 0 radical (unpaired) electrons. The molecule has 0 aliphatic heterocycles. The highest BCUT2D eigenvalue weighted by Gasteiger charge is 2.47. The average molecular weight is 251 g/mol. The molecule has 0 unspecified atom stereocenters. The number of halogens is 1. The lowest BCUT2D eigenvalue weighted by atomic mass is 9.70. The predicted octanol–water partition coefficient (Wildman–Crippen LogP) is 2.51. The van der Waals surface area contributed by atoms with Crippen LogP contribution in [0.1, 0.15) is 37.2 Å². The van der Waals surface area contributed by atoms with Gasteiger partial charge in [-0.2, -0.15) is 0 Å². The minimum Gasteiger partial charge on any atom is -0.481 e. The first-order valence-electron chi connectivity index (χ1n) is 6.29. The molecule has 18 heavy (non-hydrogen) atoms. The summed E-state index contributed by atoms with van der Waals surface area (Å²) in [6.07, 6.45) is 3.05. The van der Waals surface area contributed by atoms with Crippen LogP contribution in [0.3, 0.4) is 0 Å². The molecule has 3 N–H and O–H groups in total. The van der Waals surface area contributed by atoms with Gasteiger partial charge in [0, 0.05) is 12.5 Å². The van der Waals surface area contributed by atoms with Crippen molar-refractivity contribution < 1.29 is 14.3 Å². The van der Waals surface area contributed by atoms with Gasteiger partial charge in [-0.25, -0.2) is 4.39 Å². The Bertz CT molecular complexity index is 441. The fraction of sp³-hybridized carbons (Fsp3) is 0.500. The molecule has 1 aromatic carbocycles. The molecule has 1 atom stereocenters. The number of benzene rings is 1. The lowest BCUT2D eigenvalue weighted by Gasteiger charge is -2.33. The van der Waals surface area contributed by atoms with Gasteiger partial charge in [0.2, 0.25) is 0 Å². The van der Waals surface area contributed by atoms with Crippen molar-refractivity contribution in [2.45, 2.75) is 31.6 Å². The Balaban J connectivity index is 2.40. The van der Waals surface area contributed by atoms with Gasteiger partial charge in [-0.3, -0.25) is 4.79 Å². The Labute approximate surface area is 106 Å². The van der Waals surface area contributed by atoms with E-state index >= 15 is 0 Å². The van der Waals surface area contributed by atoms with E-state index in [0.29, 0.717) is 18.4 Å². The molecule has 1 aromatic rings. The highest BCUT2D eigenvalue weighted by molar-refractivity contribution is 5.76.